The maximum atomic E-state index is 5.95. The normalized spacial score (nSPS) is 20.5. The van der Waals surface area contributed by atoms with Gasteiger partial charge in [0.15, 0.2) is 0 Å². The quantitative estimate of drug-likeness (QED) is 0.494. The molecule has 5 nitrogen and oxygen atoms in total. The van der Waals surface area contributed by atoms with E-state index in [-0.39, 0.29) is 6.04 Å². The van der Waals surface area contributed by atoms with Crippen LogP contribution in [0.1, 0.15) is 52.2 Å². The van der Waals surface area contributed by atoms with E-state index >= 15 is 0 Å². The van der Waals surface area contributed by atoms with E-state index in [0.717, 1.165) is 30.1 Å². The molecule has 0 saturated carbocycles. The molecule has 0 aliphatic carbocycles. The zero-order chi connectivity index (χ0) is 23.0. The molecule has 0 fully saturated rings. The summed E-state index contributed by atoms with van der Waals surface area (Å²) >= 11 is 0. The summed E-state index contributed by atoms with van der Waals surface area (Å²) in [5, 5.41) is 0. The summed E-state index contributed by atoms with van der Waals surface area (Å²) in [5.74, 6) is 2.60. The van der Waals surface area contributed by atoms with Gasteiger partial charge in [0, 0.05) is 0 Å². The van der Waals surface area contributed by atoms with E-state index in [1.807, 2.05) is 44.2 Å². The minimum Gasteiger partial charge on any atom is -0.489 e. The fourth-order valence-corrected chi connectivity index (χ4v) is 3.75. The third-order valence-corrected chi connectivity index (χ3v) is 5.60. The second-order valence-corrected chi connectivity index (χ2v) is 8.63. The molecule has 0 radical (unpaired) electrons. The lowest BCUT2D eigenvalue weighted by Crippen LogP contribution is -2.45. The highest BCUT2D eigenvalue weighted by Gasteiger charge is 2.39. The molecular formula is C27H36N2O3. The van der Waals surface area contributed by atoms with Crippen LogP contribution in [0.15, 0.2) is 64.6 Å². The van der Waals surface area contributed by atoms with Crippen molar-refractivity contribution in [2.75, 3.05) is 13.2 Å². The molecule has 0 N–H and O–H groups in total. The Balaban J connectivity index is 1.67. The summed E-state index contributed by atoms with van der Waals surface area (Å²) in [6.07, 6.45) is 1.65. The summed E-state index contributed by atoms with van der Waals surface area (Å²) < 4.78 is 17.7. The van der Waals surface area contributed by atoms with Crippen LogP contribution in [-0.2, 0) is 22.5 Å². The molecule has 2 atom stereocenters. The molecular weight excluding hydrogens is 400 g/mol. The molecule has 0 spiro atoms. The van der Waals surface area contributed by atoms with Crippen LogP contribution in [0, 0.1) is 5.92 Å². The van der Waals surface area contributed by atoms with Gasteiger partial charge >= 0.3 is 0 Å². The van der Waals surface area contributed by atoms with Crippen LogP contribution >= 0.6 is 0 Å². The van der Waals surface area contributed by atoms with Gasteiger partial charge in [-0.3, -0.25) is 0 Å². The fourth-order valence-electron chi connectivity index (χ4n) is 3.75. The molecule has 0 bridgehead atoms. The molecule has 5 heteroatoms. The maximum Gasteiger partial charge on any atom is 0.212 e. The van der Waals surface area contributed by atoms with Crippen LogP contribution in [0.2, 0.25) is 0 Å². The fraction of sp³-hybridized carbons (Fsp3) is 0.481. The van der Waals surface area contributed by atoms with Crippen molar-refractivity contribution in [2.45, 2.75) is 65.6 Å². The molecule has 3 rings (SSSR count). The zero-order valence-electron chi connectivity index (χ0n) is 20.0. The van der Waals surface area contributed by atoms with Crippen LogP contribution in [0.5, 0.6) is 5.75 Å². The van der Waals surface area contributed by atoms with Gasteiger partial charge in [-0.15, -0.1) is 0 Å². The third kappa shape index (κ3) is 6.12. The largest absolute Gasteiger partial charge is 0.489 e. The molecule has 1 heterocycles. The van der Waals surface area contributed by atoms with Gasteiger partial charge < -0.3 is 14.2 Å². The first-order valence-electron chi connectivity index (χ1n) is 11.6. The van der Waals surface area contributed by atoms with Crippen molar-refractivity contribution < 1.29 is 14.2 Å². The van der Waals surface area contributed by atoms with Crippen molar-refractivity contribution in [1.82, 2.24) is 0 Å². The van der Waals surface area contributed by atoms with Gasteiger partial charge in [0.2, 0.25) is 11.8 Å². The predicted molar refractivity (Wildman–Crippen MR) is 131 cm³/mol. The number of benzene rings is 2. The Labute approximate surface area is 192 Å². The summed E-state index contributed by atoms with van der Waals surface area (Å²) in [6, 6.07) is 18.4. The van der Waals surface area contributed by atoms with Crippen LogP contribution in [0.4, 0.5) is 0 Å². The number of aliphatic imine (C=N–C) groups is 2. The minimum absolute atomic E-state index is 0.0920. The first-order chi connectivity index (χ1) is 15.4. The van der Waals surface area contributed by atoms with E-state index in [4.69, 9.17) is 24.2 Å². The lowest BCUT2D eigenvalue weighted by molar-refractivity contribution is 0.256. The van der Waals surface area contributed by atoms with Gasteiger partial charge in [0.1, 0.15) is 23.9 Å². The number of aryl methyl sites for hydroxylation is 1. The summed E-state index contributed by atoms with van der Waals surface area (Å²) in [7, 11) is 0. The SMILES string of the molecule is CCOC1=N[C@](C)(CCc2ccc(OCc3ccccc3)cc2)C(OCC)=N[C@@H]1C(C)C. The Morgan fingerprint density at radius 1 is 0.875 bits per heavy atom. The maximum absolute atomic E-state index is 5.95. The number of ether oxygens (including phenoxy) is 3. The number of hydrogen-bond acceptors (Lipinski definition) is 5. The van der Waals surface area contributed by atoms with Crippen LogP contribution in [0.3, 0.4) is 0 Å². The van der Waals surface area contributed by atoms with Crippen molar-refractivity contribution in [3.63, 3.8) is 0 Å². The Kier molecular flexibility index (Phi) is 8.32. The first kappa shape index (κ1) is 23.8. The molecule has 0 saturated heterocycles. The molecule has 0 unspecified atom stereocenters. The molecule has 0 aromatic heterocycles. The predicted octanol–water partition coefficient (Wildman–Crippen LogP) is 5.87. The second kappa shape index (κ2) is 11.2. The van der Waals surface area contributed by atoms with Crippen LogP contribution < -0.4 is 4.74 Å². The van der Waals surface area contributed by atoms with Gasteiger partial charge in [-0.25, -0.2) is 9.98 Å². The van der Waals surface area contributed by atoms with Crippen molar-refractivity contribution >= 4 is 11.8 Å². The highest BCUT2D eigenvalue weighted by Crippen LogP contribution is 2.29. The Morgan fingerprint density at radius 3 is 2.19 bits per heavy atom. The highest BCUT2D eigenvalue weighted by atomic mass is 16.5. The van der Waals surface area contributed by atoms with E-state index in [1.165, 1.54) is 5.56 Å². The molecule has 2 aromatic carbocycles. The molecule has 1 aliphatic rings. The van der Waals surface area contributed by atoms with Crippen molar-refractivity contribution in [3.8, 4) is 5.75 Å². The Morgan fingerprint density at radius 2 is 1.56 bits per heavy atom. The number of hydrogen-bond donors (Lipinski definition) is 0. The lowest BCUT2D eigenvalue weighted by Gasteiger charge is -2.34. The van der Waals surface area contributed by atoms with Gasteiger partial charge in [-0.1, -0.05) is 56.3 Å². The molecule has 0 amide bonds. The van der Waals surface area contributed by atoms with Crippen molar-refractivity contribution in [2.24, 2.45) is 15.9 Å². The third-order valence-electron chi connectivity index (χ3n) is 5.60. The van der Waals surface area contributed by atoms with Gasteiger partial charge in [0.05, 0.1) is 13.2 Å². The van der Waals surface area contributed by atoms with E-state index < -0.39 is 5.54 Å². The second-order valence-electron chi connectivity index (χ2n) is 8.63. The van der Waals surface area contributed by atoms with Crippen LogP contribution in [-0.4, -0.2) is 36.6 Å². The van der Waals surface area contributed by atoms with Gasteiger partial charge in [0.25, 0.3) is 0 Å². The first-order valence-corrected chi connectivity index (χ1v) is 11.6. The number of rotatable bonds is 9. The van der Waals surface area contributed by atoms with E-state index in [9.17, 15) is 0 Å². The smallest absolute Gasteiger partial charge is 0.212 e. The van der Waals surface area contributed by atoms with Crippen LogP contribution in [0.25, 0.3) is 0 Å². The van der Waals surface area contributed by atoms with E-state index in [0.29, 0.717) is 31.6 Å². The van der Waals surface area contributed by atoms with E-state index in [2.05, 4.69) is 45.0 Å². The van der Waals surface area contributed by atoms with Gasteiger partial charge in [-0.05, 0) is 62.8 Å². The number of nitrogens with zero attached hydrogens (tertiary/aromatic N) is 2. The monoisotopic (exact) mass is 436 g/mol. The van der Waals surface area contributed by atoms with Gasteiger partial charge in [-0.2, -0.15) is 0 Å². The van der Waals surface area contributed by atoms with Crippen molar-refractivity contribution in [1.29, 1.82) is 0 Å². The standard InChI is InChI=1S/C27H36N2O3/c1-6-30-25-24(20(3)4)28-26(31-7-2)27(5,29-25)18-17-21-13-15-23(16-14-21)32-19-22-11-9-8-10-12-22/h8-16,20,24H,6-7,17-19H2,1-5H3/t24-,27-/m1/s1. The van der Waals surface area contributed by atoms with E-state index in [1.54, 1.807) is 0 Å². The minimum atomic E-state index is -0.533. The Hall–Kier alpha value is -2.82. The summed E-state index contributed by atoms with van der Waals surface area (Å²) in [4.78, 5) is 9.94. The highest BCUT2D eigenvalue weighted by molar-refractivity contribution is 5.96. The molecule has 32 heavy (non-hydrogen) atoms. The average molecular weight is 437 g/mol. The van der Waals surface area contributed by atoms with Crippen molar-refractivity contribution in [3.05, 3.63) is 65.7 Å². The average Bonchev–Trinajstić information content (AvgIpc) is 2.79. The Bertz CT molecular complexity index is 906. The summed E-state index contributed by atoms with van der Waals surface area (Å²) in [5.41, 5.74) is 1.86. The summed E-state index contributed by atoms with van der Waals surface area (Å²) in [6.45, 7) is 12.1. The zero-order valence-corrected chi connectivity index (χ0v) is 20.0. The lowest BCUT2D eigenvalue weighted by atomic mass is 9.90. The topological polar surface area (TPSA) is 52.4 Å². The molecule has 172 valence electrons. The molecule has 2 aromatic rings. The molecule has 1 aliphatic heterocycles.